The summed E-state index contributed by atoms with van der Waals surface area (Å²) in [6, 6.07) is 6.47. The second-order valence-corrected chi connectivity index (χ2v) is 7.97. The molecule has 0 bridgehead atoms. The summed E-state index contributed by atoms with van der Waals surface area (Å²) < 4.78 is 32.6. The number of aromatic nitrogens is 1. The molecular formula is C13H13IN2O4S2. The molecule has 118 valence electrons. The van der Waals surface area contributed by atoms with Gasteiger partial charge in [-0.15, -0.1) is 11.3 Å². The maximum Gasteiger partial charge on any atom is 0.311 e. The lowest BCUT2D eigenvalue weighted by atomic mass is 10.3. The van der Waals surface area contributed by atoms with Gasteiger partial charge in [-0.1, -0.05) is 0 Å². The summed E-state index contributed by atoms with van der Waals surface area (Å²) in [5.74, 6) is -0.389. The Morgan fingerprint density at radius 1 is 1.36 bits per heavy atom. The van der Waals surface area contributed by atoms with Crippen molar-refractivity contribution >= 4 is 55.1 Å². The van der Waals surface area contributed by atoms with E-state index < -0.39 is 10.0 Å². The topological polar surface area (TPSA) is 85.4 Å². The molecule has 0 saturated carbocycles. The van der Waals surface area contributed by atoms with Crippen molar-refractivity contribution in [2.24, 2.45) is 0 Å². The van der Waals surface area contributed by atoms with Crippen LogP contribution in [-0.2, 0) is 26.0 Å². The van der Waals surface area contributed by atoms with Crippen LogP contribution in [0.2, 0.25) is 0 Å². The van der Waals surface area contributed by atoms with Crippen LogP contribution in [0, 0.1) is 3.57 Å². The molecule has 9 heteroatoms. The fraction of sp³-hybridized carbons (Fsp3) is 0.231. The van der Waals surface area contributed by atoms with Gasteiger partial charge in [0.25, 0.3) is 10.0 Å². The van der Waals surface area contributed by atoms with Crippen LogP contribution in [0.25, 0.3) is 0 Å². The number of esters is 1. The van der Waals surface area contributed by atoms with Gasteiger partial charge in [-0.3, -0.25) is 9.52 Å². The van der Waals surface area contributed by atoms with E-state index in [1.807, 2.05) is 0 Å². The summed E-state index contributed by atoms with van der Waals surface area (Å²) >= 11 is 3.22. The van der Waals surface area contributed by atoms with Crippen LogP contribution in [0.15, 0.2) is 34.5 Å². The minimum Gasteiger partial charge on any atom is -0.466 e. The van der Waals surface area contributed by atoms with Crippen molar-refractivity contribution in [3.8, 4) is 0 Å². The van der Waals surface area contributed by atoms with E-state index in [1.165, 1.54) is 12.1 Å². The number of ether oxygens (including phenoxy) is 1. The zero-order valence-corrected chi connectivity index (χ0v) is 15.4. The zero-order valence-electron chi connectivity index (χ0n) is 11.6. The fourth-order valence-electron chi connectivity index (χ4n) is 1.58. The Morgan fingerprint density at radius 3 is 2.68 bits per heavy atom. The van der Waals surface area contributed by atoms with E-state index in [-0.39, 0.29) is 22.4 Å². The lowest BCUT2D eigenvalue weighted by Crippen LogP contribution is -2.13. The van der Waals surface area contributed by atoms with Crippen molar-refractivity contribution in [1.82, 2.24) is 4.98 Å². The molecule has 1 heterocycles. The first-order chi connectivity index (χ1) is 10.4. The van der Waals surface area contributed by atoms with Crippen LogP contribution < -0.4 is 4.72 Å². The molecule has 0 saturated heterocycles. The lowest BCUT2D eigenvalue weighted by Gasteiger charge is -2.05. The number of carbonyl (C=O) groups excluding carboxylic acids is 1. The first-order valence-electron chi connectivity index (χ1n) is 6.29. The van der Waals surface area contributed by atoms with Gasteiger partial charge >= 0.3 is 5.97 Å². The number of halogens is 1. The van der Waals surface area contributed by atoms with Gasteiger partial charge < -0.3 is 4.74 Å². The Morgan fingerprint density at radius 2 is 2.05 bits per heavy atom. The number of thiazole rings is 1. The van der Waals surface area contributed by atoms with Crippen LogP contribution in [0.4, 0.5) is 5.13 Å². The van der Waals surface area contributed by atoms with Gasteiger partial charge in [0.05, 0.1) is 23.6 Å². The molecule has 0 spiro atoms. The highest BCUT2D eigenvalue weighted by Crippen LogP contribution is 2.21. The number of hydrogen-bond acceptors (Lipinski definition) is 6. The molecule has 0 atom stereocenters. The highest BCUT2D eigenvalue weighted by Gasteiger charge is 2.16. The van der Waals surface area contributed by atoms with Gasteiger partial charge in [-0.05, 0) is 53.8 Å². The third-order valence-electron chi connectivity index (χ3n) is 2.53. The number of nitrogens with one attached hydrogen (secondary N) is 1. The number of anilines is 1. The molecule has 0 aliphatic rings. The maximum atomic E-state index is 12.2. The van der Waals surface area contributed by atoms with Gasteiger partial charge in [0.1, 0.15) is 0 Å². The highest BCUT2D eigenvalue weighted by atomic mass is 127. The second-order valence-electron chi connectivity index (χ2n) is 4.19. The first kappa shape index (κ1) is 17.2. The summed E-state index contributed by atoms with van der Waals surface area (Å²) in [6.45, 7) is 2.02. The molecule has 22 heavy (non-hydrogen) atoms. The van der Waals surface area contributed by atoms with Crippen molar-refractivity contribution in [1.29, 1.82) is 0 Å². The van der Waals surface area contributed by atoms with Gasteiger partial charge in [-0.2, -0.15) is 0 Å². The summed E-state index contributed by atoms with van der Waals surface area (Å²) in [7, 11) is -3.68. The number of benzene rings is 1. The van der Waals surface area contributed by atoms with Crippen LogP contribution in [-0.4, -0.2) is 26.0 Å². The minimum atomic E-state index is -3.68. The van der Waals surface area contributed by atoms with E-state index >= 15 is 0 Å². The summed E-state index contributed by atoms with van der Waals surface area (Å²) in [6.07, 6.45) is 0.0234. The van der Waals surface area contributed by atoms with Crippen molar-refractivity contribution < 1.29 is 17.9 Å². The van der Waals surface area contributed by atoms with Gasteiger partial charge in [0.2, 0.25) is 0 Å². The zero-order chi connectivity index (χ0) is 16.2. The molecule has 1 aromatic carbocycles. The number of rotatable bonds is 6. The average Bonchev–Trinajstić information content (AvgIpc) is 2.85. The molecule has 6 nitrogen and oxygen atoms in total. The highest BCUT2D eigenvalue weighted by molar-refractivity contribution is 14.1. The summed E-state index contributed by atoms with van der Waals surface area (Å²) in [5.41, 5.74) is 0.476. The predicted molar refractivity (Wildman–Crippen MR) is 92.4 cm³/mol. The van der Waals surface area contributed by atoms with Crippen molar-refractivity contribution in [2.45, 2.75) is 18.2 Å². The van der Waals surface area contributed by atoms with Gasteiger partial charge in [0.15, 0.2) is 5.13 Å². The maximum absolute atomic E-state index is 12.2. The third kappa shape index (κ3) is 4.65. The first-order valence-corrected chi connectivity index (χ1v) is 9.73. The van der Waals surface area contributed by atoms with Crippen LogP contribution in [0.1, 0.15) is 12.6 Å². The normalized spacial score (nSPS) is 11.2. The molecule has 0 aliphatic heterocycles. The lowest BCUT2D eigenvalue weighted by molar-refractivity contribution is -0.142. The molecule has 0 aliphatic carbocycles. The van der Waals surface area contributed by atoms with E-state index in [1.54, 1.807) is 24.4 Å². The summed E-state index contributed by atoms with van der Waals surface area (Å²) in [5, 5.41) is 1.85. The Kier molecular flexibility index (Phi) is 5.75. The van der Waals surface area contributed by atoms with Crippen LogP contribution in [0.3, 0.4) is 0 Å². The van der Waals surface area contributed by atoms with E-state index in [0.29, 0.717) is 12.3 Å². The molecule has 2 aromatic rings. The molecule has 0 amide bonds. The molecule has 2 rings (SSSR count). The number of carbonyl (C=O) groups is 1. The Hall–Kier alpha value is -1.20. The SMILES string of the molecule is CCOC(=O)Cc1csc(NS(=O)(=O)c2ccc(I)cc2)n1. The monoisotopic (exact) mass is 452 g/mol. The molecular weight excluding hydrogens is 439 g/mol. The number of hydrogen-bond donors (Lipinski definition) is 1. The molecule has 1 N–H and O–H groups in total. The number of sulfonamides is 1. The van der Waals surface area contributed by atoms with Crippen LogP contribution >= 0.6 is 33.9 Å². The Labute approximate surface area is 146 Å². The molecule has 1 aromatic heterocycles. The third-order valence-corrected chi connectivity index (χ3v) is 5.54. The van der Waals surface area contributed by atoms with Gasteiger partial charge in [-0.25, -0.2) is 13.4 Å². The smallest absolute Gasteiger partial charge is 0.311 e. The van der Waals surface area contributed by atoms with E-state index in [0.717, 1.165) is 14.9 Å². The Balaban J connectivity index is 2.09. The van der Waals surface area contributed by atoms with Crippen molar-refractivity contribution in [3.05, 3.63) is 38.9 Å². The quantitative estimate of drug-likeness (QED) is 0.538. The Bertz CT molecular complexity index is 757. The standard InChI is InChI=1S/C13H13IN2O4S2/c1-2-20-12(17)7-10-8-21-13(15-10)16-22(18,19)11-5-3-9(14)4-6-11/h3-6,8H,2,7H2,1H3,(H,15,16). The van der Waals surface area contributed by atoms with Gasteiger partial charge in [0, 0.05) is 8.95 Å². The van der Waals surface area contributed by atoms with Crippen LogP contribution in [0.5, 0.6) is 0 Å². The van der Waals surface area contributed by atoms with E-state index in [4.69, 9.17) is 4.74 Å². The second kappa shape index (κ2) is 7.38. The number of nitrogens with zero attached hydrogens (tertiary/aromatic N) is 1. The minimum absolute atomic E-state index is 0.0234. The van der Waals surface area contributed by atoms with Crippen molar-refractivity contribution in [3.63, 3.8) is 0 Å². The molecule has 0 radical (unpaired) electrons. The largest absolute Gasteiger partial charge is 0.466 e. The molecule has 0 unspecified atom stereocenters. The molecule has 0 fully saturated rings. The average molecular weight is 452 g/mol. The van der Waals surface area contributed by atoms with E-state index in [9.17, 15) is 13.2 Å². The van der Waals surface area contributed by atoms with E-state index in [2.05, 4.69) is 32.3 Å². The predicted octanol–water partition coefficient (Wildman–Crippen LogP) is 2.65. The van der Waals surface area contributed by atoms with Crippen molar-refractivity contribution in [2.75, 3.05) is 11.3 Å². The summed E-state index contributed by atoms with van der Waals surface area (Å²) in [4.78, 5) is 15.6. The fourth-order valence-corrected chi connectivity index (χ4v) is 3.91.